The fraction of sp³-hybridized carbons (Fsp3) is 0.615. The van der Waals surface area contributed by atoms with Gasteiger partial charge in [-0.15, -0.1) is 11.3 Å². The molecule has 0 saturated heterocycles. The van der Waals surface area contributed by atoms with Crippen LogP contribution in [0.4, 0.5) is 5.82 Å². The molecule has 0 unspecified atom stereocenters. The molecule has 5 nitrogen and oxygen atoms in total. The number of rotatable bonds is 8. The molecule has 0 aliphatic carbocycles. The van der Waals surface area contributed by atoms with Gasteiger partial charge in [0.05, 0.1) is 12.3 Å². The third-order valence-electron chi connectivity index (χ3n) is 3.14. The van der Waals surface area contributed by atoms with Crippen LogP contribution >= 0.6 is 11.3 Å². The second-order valence-corrected chi connectivity index (χ2v) is 5.41. The molecule has 0 amide bonds. The van der Waals surface area contributed by atoms with Crippen molar-refractivity contribution in [2.45, 2.75) is 26.3 Å². The number of anilines is 1. The normalized spacial score (nSPS) is 11.3. The minimum atomic E-state index is 0.161. The minimum absolute atomic E-state index is 0.161. The van der Waals surface area contributed by atoms with Crippen LogP contribution in [0, 0.1) is 0 Å². The van der Waals surface area contributed by atoms with Gasteiger partial charge in [-0.1, -0.05) is 13.3 Å². The van der Waals surface area contributed by atoms with E-state index in [1.807, 2.05) is 12.4 Å². The van der Waals surface area contributed by atoms with Gasteiger partial charge in [0.1, 0.15) is 0 Å². The molecule has 0 atom stereocenters. The predicted molar refractivity (Wildman–Crippen MR) is 80.0 cm³/mol. The Hall–Kier alpha value is -1.11. The second-order valence-electron chi connectivity index (χ2n) is 4.53. The summed E-state index contributed by atoms with van der Waals surface area (Å²) in [5.74, 6) is 1.00. The van der Waals surface area contributed by atoms with Gasteiger partial charge in [-0.25, -0.2) is 4.98 Å². The highest BCUT2D eigenvalue weighted by molar-refractivity contribution is 7.15. The summed E-state index contributed by atoms with van der Waals surface area (Å²) in [6.45, 7) is 4.70. The van der Waals surface area contributed by atoms with Crippen molar-refractivity contribution in [2.75, 3.05) is 31.6 Å². The lowest BCUT2D eigenvalue weighted by Gasteiger charge is -2.22. The first kappa shape index (κ1) is 14.3. The molecule has 19 heavy (non-hydrogen) atoms. The van der Waals surface area contributed by atoms with Crippen LogP contribution in [-0.2, 0) is 6.54 Å². The van der Waals surface area contributed by atoms with Gasteiger partial charge in [-0.05, 0) is 13.5 Å². The van der Waals surface area contributed by atoms with Gasteiger partial charge in [-0.3, -0.25) is 4.40 Å². The molecule has 0 aliphatic rings. The van der Waals surface area contributed by atoms with Crippen molar-refractivity contribution in [2.24, 2.45) is 0 Å². The van der Waals surface area contributed by atoms with Crippen molar-refractivity contribution >= 4 is 22.1 Å². The zero-order chi connectivity index (χ0) is 13.7. The molecule has 0 bridgehead atoms. The number of fused-ring (bicyclic) bond motifs is 1. The van der Waals surface area contributed by atoms with E-state index >= 15 is 0 Å². The van der Waals surface area contributed by atoms with Gasteiger partial charge in [0.15, 0.2) is 10.8 Å². The topological polar surface area (TPSA) is 52.8 Å². The first-order valence-electron chi connectivity index (χ1n) is 6.76. The molecular weight excluding hydrogens is 260 g/mol. The average Bonchev–Trinajstić information content (AvgIpc) is 2.97. The first-order chi connectivity index (χ1) is 9.31. The van der Waals surface area contributed by atoms with Crippen molar-refractivity contribution < 1.29 is 5.11 Å². The van der Waals surface area contributed by atoms with E-state index in [1.165, 1.54) is 5.69 Å². The van der Waals surface area contributed by atoms with Crippen molar-refractivity contribution in [1.29, 1.82) is 0 Å². The zero-order valence-corrected chi connectivity index (χ0v) is 12.4. The number of unbranched alkanes of at least 4 members (excludes halogenated alkanes) is 1. The highest BCUT2D eigenvalue weighted by atomic mass is 32.1. The summed E-state index contributed by atoms with van der Waals surface area (Å²) in [6, 6.07) is 0. The predicted octanol–water partition coefficient (Wildman–Crippen LogP) is 1.71. The standard InChI is InChI=1S/C13H22N4OS/c1-3-4-5-16(6-8-18)12-11(10-14-2)17-7-9-19-13(17)15-12/h7,9,14,18H,3-6,8,10H2,1-2H3. The lowest BCUT2D eigenvalue weighted by atomic mass is 10.3. The van der Waals surface area contributed by atoms with Crippen LogP contribution in [0.25, 0.3) is 4.96 Å². The maximum atomic E-state index is 9.25. The van der Waals surface area contributed by atoms with E-state index in [0.717, 1.165) is 36.7 Å². The lowest BCUT2D eigenvalue weighted by Crippen LogP contribution is -2.29. The van der Waals surface area contributed by atoms with E-state index < -0.39 is 0 Å². The molecule has 0 saturated carbocycles. The number of thiazole rings is 1. The van der Waals surface area contributed by atoms with E-state index in [0.29, 0.717) is 6.54 Å². The van der Waals surface area contributed by atoms with Gasteiger partial charge in [0.2, 0.25) is 0 Å². The molecule has 6 heteroatoms. The lowest BCUT2D eigenvalue weighted by molar-refractivity contribution is 0.301. The molecule has 0 aromatic carbocycles. The van der Waals surface area contributed by atoms with Crippen LogP contribution in [-0.4, -0.2) is 41.2 Å². The Bertz CT molecular complexity index is 508. The summed E-state index contributed by atoms with van der Waals surface area (Å²) in [6.07, 6.45) is 4.32. The maximum Gasteiger partial charge on any atom is 0.195 e. The number of imidazole rings is 1. The Morgan fingerprint density at radius 2 is 2.32 bits per heavy atom. The van der Waals surface area contributed by atoms with Crippen LogP contribution in [0.2, 0.25) is 0 Å². The largest absolute Gasteiger partial charge is 0.395 e. The Labute approximate surface area is 117 Å². The summed E-state index contributed by atoms with van der Waals surface area (Å²) in [5, 5.41) is 14.5. The Balaban J connectivity index is 2.33. The van der Waals surface area contributed by atoms with Crippen molar-refractivity contribution in [3.8, 4) is 0 Å². The van der Waals surface area contributed by atoms with E-state index in [-0.39, 0.29) is 6.61 Å². The van der Waals surface area contributed by atoms with Crippen molar-refractivity contribution in [3.63, 3.8) is 0 Å². The molecule has 2 heterocycles. The van der Waals surface area contributed by atoms with Gasteiger partial charge >= 0.3 is 0 Å². The van der Waals surface area contributed by atoms with Crippen LogP contribution in [0.5, 0.6) is 0 Å². The number of nitrogens with zero attached hydrogens (tertiary/aromatic N) is 3. The third kappa shape index (κ3) is 3.08. The fourth-order valence-electron chi connectivity index (χ4n) is 2.20. The molecule has 0 fully saturated rings. The number of aliphatic hydroxyl groups excluding tert-OH is 1. The van der Waals surface area contributed by atoms with Crippen molar-refractivity contribution in [3.05, 3.63) is 17.3 Å². The second kappa shape index (κ2) is 6.88. The number of aromatic nitrogens is 2. The van der Waals surface area contributed by atoms with Crippen LogP contribution in [0.1, 0.15) is 25.5 Å². The Kier molecular flexibility index (Phi) is 5.18. The third-order valence-corrected chi connectivity index (χ3v) is 3.89. The number of hydrogen-bond acceptors (Lipinski definition) is 5. The zero-order valence-electron chi connectivity index (χ0n) is 11.6. The van der Waals surface area contributed by atoms with E-state index in [9.17, 15) is 5.11 Å². The summed E-state index contributed by atoms with van der Waals surface area (Å²) >= 11 is 1.64. The fourth-order valence-corrected chi connectivity index (χ4v) is 2.93. The van der Waals surface area contributed by atoms with E-state index in [4.69, 9.17) is 4.98 Å². The van der Waals surface area contributed by atoms with E-state index in [1.54, 1.807) is 11.3 Å². The Morgan fingerprint density at radius 3 is 3.00 bits per heavy atom. The molecule has 2 aromatic heterocycles. The van der Waals surface area contributed by atoms with Gasteiger partial charge in [0, 0.05) is 31.2 Å². The number of aliphatic hydroxyl groups is 1. The summed E-state index contributed by atoms with van der Waals surface area (Å²) in [4.78, 5) is 7.92. The monoisotopic (exact) mass is 282 g/mol. The molecule has 2 N–H and O–H groups in total. The molecule has 0 radical (unpaired) electrons. The van der Waals surface area contributed by atoms with Gasteiger partial charge < -0.3 is 15.3 Å². The molecule has 106 valence electrons. The highest BCUT2D eigenvalue weighted by Gasteiger charge is 2.17. The summed E-state index contributed by atoms with van der Waals surface area (Å²) in [5.41, 5.74) is 1.17. The molecule has 0 aliphatic heterocycles. The Morgan fingerprint density at radius 1 is 1.47 bits per heavy atom. The van der Waals surface area contributed by atoms with Gasteiger partial charge in [-0.2, -0.15) is 0 Å². The smallest absolute Gasteiger partial charge is 0.195 e. The van der Waals surface area contributed by atoms with Crippen LogP contribution < -0.4 is 10.2 Å². The molecule has 0 spiro atoms. The van der Waals surface area contributed by atoms with Crippen LogP contribution in [0.3, 0.4) is 0 Å². The average molecular weight is 282 g/mol. The summed E-state index contributed by atoms with van der Waals surface area (Å²) < 4.78 is 2.13. The van der Waals surface area contributed by atoms with Crippen molar-refractivity contribution in [1.82, 2.24) is 14.7 Å². The summed E-state index contributed by atoms with van der Waals surface area (Å²) in [7, 11) is 1.94. The quantitative estimate of drug-likeness (QED) is 0.774. The van der Waals surface area contributed by atoms with Crippen LogP contribution in [0.15, 0.2) is 11.6 Å². The maximum absolute atomic E-state index is 9.25. The molecule has 2 aromatic rings. The SMILES string of the molecule is CCCCN(CCO)c1nc2sccn2c1CNC. The first-order valence-corrected chi connectivity index (χ1v) is 7.64. The minimum Gasteiger partial charge on any atom is -0.395 e. The molecule has 2 rings (SSSR count). The number of hydrogen-bond donors (Lipinski definition) is 2. The number of nitrogens with one attached hydrogen (secondary N) is 1. The van der Waals surface area contributed by atoms with E-state index in [2.05, 4.69) is 27.7 Å². The van der Waals surface area contributed by atoms with Gasteiger partial charge in [0.25, 0.3) is 0 Å². The molecular formula is C13H22N4OS. The highest BCUT2D eigenvalue weighted by Crippen LogP contribution is 2.24.